The largest absolute Gasteiger partial charge is 0.373 e. The van der Waals surface area contributed by atoms with Gasteiger partial charge in [0.15, 0.2) is 5.60 Å². The number of nitriles is 1. The van der Waals surface area contributed by atoms with Crippen molar-refractivity contribution in [3.8, 4) is 6.07 Å². The second-order valence-electron chi connectivity index (χ2n) is 5.93. The molecule has 1 atom stereocenters. The molecule has 0 heterocycles. The van der Waals surface area contributed by atoms with Crippen LogP contribution in [0.25, 0.3) is 0 Å². The van der Waals surface area contributed by atoms with Crippen molar-refractivity contribution < 1.29 is 5.11 Å². The first-order valence-corrected chi connectivity index (χ1v) is 6.77. The molecule has 20 heavy (non-hydrogen) atoms. The number of nitrogens with zero attached hydrogens (tertiary/aromatic N) is 1. The Hall–Kier alpha value is -2.11. The van der Waals surface area contributed by atoms with Crippen LogP contribution in [-0.4, -0.2) is 10.7 Å². The van der Waals surface area contributed by atoms with Crippen molar-refractivity contribution in [1.29, 1.82) is 5.26 Å². The van der Waals surface area contributed by atoms with E-state index in [1.807, 2.05) is 74.5 Å². The summed E-state index contributed by atoms with van der Waals surface area (Å²) in [6, 6.07) is 21.8. The summed E-state index contributed by atoms with van der Waals surface area (Å²) in [5.41, 5.74) is -0.613. The highest BCUT2D eigenvalue weighted by atomic mass is 16.3. The quantitative estimate of drug-likeness (QED) is 0.845. The van der Waals surface area contributed by atoms with Crippen LogP contribution in [0, 0.1) is 16.7 Å². The Kier molecular flexibility index (Phi) is 2.54. The molecule has 2 aromatic rings. The Balaban J connectivity index is 2.31. The fourth-order valence-electron chi connectivity index (χ4n) is 3.76. The summed E-state index contributed by atoms with van der Waals surface area (Å²) in [5, 5.41) is 20.5. The van der Waals surface area contributed by atoms with Gasteiger partial charge in [0.2, 0.25) is 0 Å². The van der Waals surface area contributed by atoms with E-state index < -0.39 is 16.4 Å². The number of benzene rings is 2. The Morgan fingerprint density at radius 2 is 1.25 bits per heavy atom. The van der Waals surface area contributed by atoms with E-state index in [2.05, 4.69) is 6.07 Å². The minimum atomic E-state index is -1.39. The molecule has 0 aromatic heterocycles. The molecule has 0 saturated heterocycles. The SMILES string of the molecule is CC1(C)C(O)(C#N)C1(c1ccccc1)c1ccccc1. The number of hydrogen-bond acceptors (Lipinski definition) is 2. The van der Waals surface area contributed by atoms with E-state index in [9.17, 15) is 10.4 Å². The van der Waals surface area contributed by atoms with Crippen molar-refractivity contribution in [1.82, 2.24) is 0 Å². The summed E-state index contributed by atoms with van der Waals surface area (Å²) in [6.45, 7) is 3.91. The highest BCUT2D eigenvalue weighted by Crippen LogP contribution is 2.74. The van der Waals surface area contributed by atoms with E-state index in [0.717, 1.165) is 11.1 Å². The molecule has 1 saturated carbocycles. The highest BCUT2D eigenvalue weighted by Gasteiger charge is 2.84. The van der Waals surface area contributed by atoms with Crippen LogP contribution in [0.3, 0.4) is 0 Å². The van der Waals surface area contributed by atoms with Crippen LogP contribution >= 0.6 is 0 Å². The van der Waals surface area contributed by atoms with Gasteiger partial charge in [-0.05, 0) is 11.1 Å². The fraction of sp³-hybridized carbons (Fsp3) is 0.278. The molecule has 3 rings (SSSR count). The molecule has 1 unspecified atom stereocenters. The predicted octanol–water partition coefficient (Wildman–Crippen LogP) is 3.27. The summed E-state index contributed by atoms with van der Waals surface area (Å²) in [5.74, 6) is 0. The van der Waals surface area contributed by atoms with Crippen LogP contribution in [0.2, 0.25) is 0 Å². The van der Waals surface area contributed by atoms with Gasteiger partial charge in [0, 0.05) is 5.41 Å². The van der Waals surface area contributed by atoms with Crippen LogP contribution in [0.15, 0.2) is 60.7 Å². The summed E-state index contributed by atoms with van der Waals surface area (Å²) < 4.78 is 0. The highest BCUT2D eigenvalue weighted by molar-refractivity contribution is 5.61. The Bertz CT molecular complexity index is 630. The first-order valence-electron chi connectivity index (χ1n) is 6.77. The van der Waals surface area contributed by atoms with Crippen molar-refractivity contribution in [2.45, 2.75) is 24.9 Å². The third kappa shape index (κ3) is 1.21. The van der Waals surface area contributed by atoms with Crippen LogP contribution < -0.4 is 0 Å². The molecule has 0 amide bonds. The van der Waals surface area contributed by atoms with E-state index >= 15 is 0 Å². The van der Waals surface area contributed by atoms with Gasteiger partial charge in [0.05, 0.1) is 11.5 Å². The van der Waals surface area contributed by atoms with Crippen molar-refractivity contribution in [3.63, 3.8) is 0 Å². The third-order valence-corrected chi connectivity index (χ3v) is 4.90. The molecule has 2 aromatic carbocycles. The van der Waals surface area contributed by atoms with Gasteiger partial charge in [0.25, 0.3) is 0 Å². The van der Waals surface area contributed by atoms with Gasteiger partial charge in [-0.1, -0.05) is 74.5 Å². The molecule has 0 spiro atoms. The minimum Gasteiger partial charge on any atom is -0.373 e. The lowest BCUT2D eigenvalue weighted by Gasteiger charge is -2.21. The van der Waals surface area contributed by atoms with Crippen molar-refractivity contribution >= 4 is 0 Å². The average Bonchev–Trinajstić information content (AvgIpc) is 2.90. The van der Waals surface area contributed by atoms with Gasteiger partial charge in [-0.15, -0.1) is 0 Å². The lowest BCUT2D eigenvalue weighted by molar-refractivity contribution is 0.158. The summed E-state index contributed by atoms with van der Waals surface area (Å²) in [6.07, 6.45) is 0. The van der Waals surface area contributed by atoms with E-state index in [1.165, 1.54) is 0 Å². The Morgan fingerprint density at radius 1 is 0.850 bits per heavy atom. The number of aliphatic hydroxyl groups is 1. The Labute approximate surface area is 119 Å². The van der Waals surface area contributed by atoms with Crippen molar-refractivity contribution in [2.75, 3.05) is 0 Å². The third-order valence-electron chi connectivity index (χ3n) is 4.90. The molecular formula is C18H17NO. The molecule has 2 nitrogen and oxygen atoms in total. The van der Waals surface area contributed by atoms with Crippen LogP contribution in [0.4, 0.5) is 0 Å². The van der Waals surface area contributed by atoms with Gasteiger partial charge < -0.3 is 5.11 Å². The molecular weight excluding hydrogens is 246 g/mol. The van der Waals surface area contributed by atoms with E-state index in [0.29, 0.717) is 0 Å². The molecule has 100 valence electrons. The van der Waals surface area contributed by atoms with Crippen LogP contribution in [-0.2, 0) is 5.41 Å². The second-order valence-corrected chi connectivity index (χ2v) is 5.93. The second kappa shape index (κ2) is 3.94. The zero-order valence-corrected chi connectivity index (χ0v) is 11.7. The standard InChI is InChI=1S/C18H17NO/c1-16(2)17(20,13-19)18(16,14-9-5-3-6-10-14)15-11-7-4-8-12-15/h3-12,20H,1-2H3. The van der Waals surface area contributed by atoms with Gasteiger partial charge >= 0.3 is 0 Å². The molecule has 0 radical (unpaired) electrons. The maximum atomic E-state index is 10.9. The predicted molar refractivity (Wildman–Crippen MR) is 78.0 cm³/mol. The van der Waals surface area contributed by atoms with Gasteiger partial charge in [-0.2, -0.15) is 5.26 Å². The molecule has 1 fully saturated rings. The minimum absolute atomic E-state index is 0.530. The first-order chi connectivity index (χ1) is 9.52. The summed E-state index contributed by atoms with van der Waals surface area (Å²) >= 11 is 0. The fourth-order valence-corrected chi connectivity index (χ4v) is 3.76. The maximum absolute atomic E-state index is 10.9. The monoisotopic (exact) mass is 263 g/mol. The normalized spacial score (nSPS) is 25.7. The molecule has 2 heteroatoms. The van der Waals surface area contributed by atoms with Gasteiger partial charge in [0.1, 0.15) is 0 Å². The zero-order chi connectivity index (χ0) is 14.4. The zero-order valence-electron chi connectivity index (χ0n) is 11.7. The number of rotatable bonds is 2. The Morgan fingerprint density at radius 3 is 1.55 bits per heavy atom. The molecule has 0 bridgehead atoms. The van der Waals surface area contributed by atoms with E-state index in [-0.39, 0.29) is 0 Å². The maximum Gasteiger partial charge on any atom is 0.171 e. The summed E-state index contributed by atoms with van der Waals surface area (Å²) in [4.78, 5) is 0. The molecule has 1 aliphatic rings. The first kappa shape index (κ1) is 12.9. The smallest absolute Gasteiger partial charge is 0.171 e. The van der Waals surface area contributed by atoms with E-state index in [4.69, 9.17) is 0 Å². The van der Waals surface area contributed by atoms with Gasteiger partial charge in [-0.3, -0.25) is 0 Å². The molecule has 0 aliphatic heterocycles. The van der Waals surface area contributed by atoms with Gasteiger partial charge in [-0.25, -0.2) is 0 Å². The average molecular weight is 263 g/mol. The molecule has 1 aliphatic carbocycles. The lowest BCUT2D eigenvalue weighted by atomic mass is 9.81. The number of hydrogen-bond donors (Lipinski definition) is 1. The molecule has 1 N–H and O–H groups in total. The van der Waals surface area contributed by atoms with E-state index in [1.54, 1.807) is 0 Å². The lowest BCUT2D eigenvalue weighted by Crippen LogP contribution is -2.23. The topological polar surface area (TPSA) is 44.0 Å². The van der Waals surface area contributed by atoms with Crippen LogP contribution in [0.5, 0.6) is 0 Å². The van der Waals surface area contributed by atoms with Crippen molar-refractivity contribution in [2.24, 2.45) is 5.41 Å². The van der Waals surface area contributed by atoms with Crippen molar-refractivity contribution in [3.05, 3.63) is 71.8 Å². The summed E-state index contributed by atoms with van der Waals surface area (Å²) in [7, 11) is 0. The van der Waals surface area contributed by atoms with Crippen LogP contribution in [0.1, 0.15) is 25.0 Å².